The zero-order valence-electron chi connectivity index (χ0n) is 12.1. The van der Waals surface area contributed by atoms with Crippen LogP contribution in [-0.2, 0) is 4.79 Å². The number of anilines is 1. The van der Waals surface area contributed by atoms with Crippen LogP contribution in [0.3, 0.4) is 0 Å². The van der Waals surface area contributed by atoms with Gasteiger partial charge >= 0.3 is 0 Å². The Labute approximate surface area is 132 Å². The molecule has 7 nitrogen and oxygen atoms in total. The maximum Gasteiger partial charge on any atom is 0.259 e. The van der Waals surface area contributed by atoms with Gasteiger partial charge in [0.05, 0.1) is 5.56 Å². The zero-order chi connectivity index (χ0) is 16.8. The molecule has 2 rings (SSSR count). The van der Waals surface area contributed by atoms with Crippen molar-refractivity contribution in [3.8, 4) is 5.75 Å². The highest BCUT2D eigenvalue weighted by Crippen LogP contribution is 2.20. The molecule has 0 aliphatic rings. The van der Waals surface area contributed by atoms with Crippen molar-refractivity contribution in [2.45, 2.75) is 0 Å². The average molecular weight is 313 g/mol. The first kappa shape index (κ1) is 16.0. The second-order valence-corrected chi connectivity index (χ2v) is 4.65. The summed E-state index contributed by atoms with van der Waals surface area (Å²) in [6.07, 6.45) is 0. The first-order chi connectivity index (χ1) is 11.0. The van der Waals surface area contributed by atoms with Crippen molar-refractivity contribution in [3.63, 3.8) is 0 Å². The highest BCUT2D eigenvalue weighted by molar-refractivity contribution is 6.06. The third-order valence-electron chi connectivity index (χ3n) is 2.91. The molecule has 118 valence electrons. The van der Waals surface area contributed by atoms with E-state index < -0.39 is 17.7 Å². The molecule has 3 amide bonds. The van der Waals surface area contributed by atoms with Gasteiger partial charge in [-0.3, -0.25) is 14.4 Å². The van der Waals surface area contributed by atoms with Crippen molar-refractivity contribution in [3.05, 3.63) is 59.7 Å². The average Bonchev–Trinajstić information content (AvgIpc) is 2.53. The summed E-state index contributed by atoms with van der Waals surface area (Å²) in [4.78, 5) is 34.3. The highest BCUT2D eigenvalue weighted by Gasteiger charge is 2.13. The van der Waals surface area contributed by atoms with Crippen LogP contribution in [0.1, 0.15) is 20.7 Å². The molecule has 2 aromatic rings. The Kier molecular flexibility index (Phi) is 4.93. The van der Waals surface area contributed by atoms with Gasteiger partial charge in [-0.1, -0.05) is 18.2 Å². The second kappa shape index (κ2) is 7.08. The Balaban J connectivity index is 2.19. The summed E-state index contributed by atoms with van der Waals surface area (Å²) in [5.41, 5.74) is 11.2. The molecule has 23 heavy (non-hydrogen) atoms. The first-order valence-electron chi connectivity index (χ1n) is 6.68. The maximum absolute atomic E-state index is 12.3. The third-order valence-corrected chi connectivity index (χ3v) is 2.91. The number of para-hydroxylation sites is 1. The molecule has 5 N–H and O–H groups in total. The molecule has 0 saturated heterocycles. The van der Waals surface area contributed by atoms with Crippen molar-refractivity contribution in [2.75, 3.05) is 11.9 Å². The molecule has 0 bridgehead atoms. The minimum atomic E-state index is -0.644. The number of amides is 3. The fraction of sp³-hybridized carbons (Fsp3) is 0.0625. The number of hydrogen-bond acceptors (Lipinski definition) is 4. The highest BCUT2D eigenvalue weighted by atomic mass is 16.5. The largest absolute Gasteiger partial charge is 0.483 e. The molecule has 0 atom stereocenters. The number of carbonyl (C=O) groups is 3. The quantitative estimate of drug-likeness (QED) is 0.732. The van der Waals surface area contributed by atoms with Crippen LogP contribution in [0.4, 0.5) is 5.69 Å². The van der Waals surface area contributed by atoms with Crippen LogP contribution in [0.2, 0.25) is 0 Å². The van der Waals surface area contributed by atoms with Gasteiger partial charge in [-0.25, -0.2) is 0 Å². The van der Waals surface area contributed by atoms with Crippen LogP contribution in [-0.4, -0.2) is 24.3 Å². The lowest BCUT2D eigenvalue weighted by molar-refractivity contribution is -0.119. The van der Waals surface area contributed by atoms with Crippen molar-refractivity contribution >= 4 is 23.4 Å². The van der Waals surface area contributed by atoms with E-state index in [1.807, 2.05) is 0 Å². The van der Waals surface area contributed by atoms with E-state index in [0.29, 0.717) is 5.69 Å². The van der Waals surface area contributed by atoms with Crippen molar-refractivity contribution in [2.24, 2.45) is 11.5 Å². The Morgan fingerprint density at radius 3 is 2.43 bits per heavy atom. The summed E-state index contributed by atoms with van der Waals surface area (Å²) in [5.74, 6) is -1.46. The molecule has 0 spiro atoms. The van der Waals surface area contributed by atoms with Crippen LogP contribution in [0.15, 0.2) is 48.5 Å². The van der Waals surface area contributed by atoms with Crippen LogP contribution in [0.25, 0.3) is 0 Å². The summed E-state index contributed by atoms with van der Waals surface area (Å²) in [5, 5.41) is 2.64. The Morgan fingerprint density at radius 1 is 1.00 bits per heavy atom. The van der Waals surface area contributed by atoms with E-state index >= 15 is 0 Å². The summed E-state index contributed by atoms with van der Waals surface area (Å²) < 4.78 is 5.21. The van der Waals surface area contributed by atoms with Gasteiger partial charge in [0.1, 0.15) is 5.75 Å². The van der Waals surface area contributed by atoms with Gasteiger partial charge < -0.3 is 21.5 Å². The molecular weight excluding hydrogens is 298 g/mol. The van der Waals surface area contributed by atoms with Gasteiger partial charge in [-0.2, -0.15) is 0 Å². The Morgan fingerprint density at radius 2 is 1.74 bits per heavy atom. The van der Waals surface area contributed by atoms with Crippen LogP contribution >= 0.6 is 0 Å². The fourth-order valence-corrected chi connectivity index (χ4v) is 1.88. The van der Waals surface area contributed by atoms with Crippen LogP contribution < -0.4 is 21.5 Å². The van der Waals surface area contributed by atoms with Gasteiger partial charge in [0.15, 0.2) is 6.61 Å². The van der Waals surface area contributed by atoms with Gasteiger partial charge in [0.2, 0.25) is 5.91 Å². The number of primary amides is 2. The molecule has 2 aromatic carbocycles. The predicted molar refractivity (Wildman–Crippen MR) is 84.0 cm³/mol. The van der Waals surface area contributed by atoms with Gasteiger partial charge in [0, 0.05) is 11.3 Å². The molecule has 0 saturated carbocycles. The van der Waals surface area contributed by atoms with Crippen molar-refractivity contribution in [1.82, 2.24) is 0 Å². The van der Waals surface area contributed by atoms with Crippen LogP contribution in [0, 0.1) is 0 Å². The topological polar surface area (TPSA) is 125 Å². The number of ether oxygens (including phenoxy) is 1. The molecule has 0 unspecified atom stereocenters. The first-order valence-corrected chi connectivity index (χ1v) is 6.68. The summed E-state index contributed by atoms with van der Waals surface area (Å²) in [7, 11) is 0. The van der Waals surface area contributed by atoms with E-state index in [4.69, 9.17) is 16.2 Å². The van der Waals surface area contributed by atoms with E-state index in [-0.39, 0.29) is 23.5 Å². The third kappa shape index (κ3) is 4.31. The van der Waals surface area contributed by atoms with E-state index in [1.54, 1.807) is 42.5 Å². The zero-order valence-corrected chi connectivity index (χ0v) is 12.1. The number of hydrogen-bond donors (Lipinski definition) is 3. The van der Waals surface area contributed by atoms with E-state index in [2.05, 4.69) is 5.32 Å². The van der Waals surface area contributed by atoms with Crippen molar-refractivity contribution < 1.29 is 19.1 Å². The monoisotopic (exact) mass is 313 g/mol. The van der Waals surface area contributed by atoms with Gasteiger partial charge in [-0.15, -0.1) is 0 Å². The molecule has 0 heterocycles. The molecule has 0 radical (unpaired) electrons. The molecule has 0 aromatic heterocycles. The second-order valence-electron chi connectivity index (χ2n) is 4.65. The SMILES string of the molecule is NC(=O)COc1ccccc1C(=O)Nc1cccc(C(N)=O)c1. The van der Waals surface area contributed by atoms with E-state index in [0.717, 1.165) is 0 Å². The van der Waals surface area contributed by atoms with E-state index in [1.165, 1.54) is 6.07 Å². The van der Waals surface area contributed by atoms with Crippen molar-refractivity contribution in [1.29, 1.82) is 0 Å². The standard InChI is InChI=1S/C16H15N3O4/c17-14(20)9-23-13-7-2-1-6-12(13)16(22)19-11-5-3-4-10(8-11)15(18)21/h1-8H,9H2,(H2,17,20)(H2,18,21)(H,19,22). The van der Waals surface area contributed by atoms with Crippen LogP contribution in [0.5, 0.6) is 5.75 Å². The maximum atomic E-state index is 12.3. The lowest BCUT2D eigenvalue weighted by Crippen LogP contribution is -2.21. The molecular formula is C16H15N3O4. The summed E-state index contributed by atoms with van der Waals surface area (Å²) in [6, 6.07) is 12.7. The smallest absolute Gasteiger partial charge is 0.259 e. The molecule has 0 fully saturated rings. The number of benzene rings is 2. The Bertz CT molecular complexity index is 758. The normalized spacial score (nSPS) is 9.91. The molecule has 7 heteroatoms. The fourth-order valence-electron chi connectivity index (χ4n) is 1.88. The summed E-state index contributed by atoms with van der Waals surface area (Å²) >= 11 is 0. The lowest BCUT2D eigenvalue weighted by atomic mass is 10.1. The van der Waals surface area contributed by atoms with Gasteiger partial charge in [-0.05, 0) is 30.3 Å². The minimum absolute atomic E-state index is 0.231. The van der Waals surface area contributed by atoms with Gasteiger partial charge in [0.25, 0.3) is 11.8 Å². The number of nitrogens with one attached hydrogen (secondary N) is 1. The molecule has 0 aliphatic carbocycles. The molecule has 0 aliphatic heterocycles. The minimum Gasteiger partial charge on any atom is -0.483 e. The Hall–Kier alpha value is -3.35. The lowest BCUT2D eigenvalue weighted by Gasteiger charge is -2.11. The number of carbonyl (C=O) groups excluding carboxylic acids is 3. The predicted octanol–water partition coefficient (Wildman–Crippen LogP) is 0.902. The number of nitrogens with two attached hydrogens (primary N) is 2. The summed E-state index contributed by atoms with van der Waals surface area (Å²) in [6.45, 7) is -0.332. The van der Waals surface area contributed by atoms with E-state index in [9.17, 15) is 14.4 Å². The number of rotatable bonds is 6.